The van der Waals surface area contributed by atoms with Gasteiger partial charge in [0.1, 0.15) is 17.6 Å². The second-order valence-electron chi connectivity index (χ2n) is 7.82. The summed E-state index contributed by atoms with van der Waals surface area (Å²) < 4.78 is 18.2. The molecule has 0 aliphatic carbocycles. The van der Waals surface area contributed by atoms with Gasteiger partial charge in [-0.3, -0.25) is 4.79 Å². The summed E-state index contributed by atoms with van der Waals surface area (Å²) in [4.78, 5) is 13.2. The van der Waals surface area contributed by atoms with E-state index in [0.29, 0.717) is 23.9 Å². The lowest BCUT2D eigenvalue weighted by atomic mass is 10.0. The van der Waals surface area contributed by atoms with Gasteiger partial charge < -0.3 is 13.9 Å². The molecule has 1 amide bonds. The molecule has 11 heteroatoms. The Morgan fingerprint density at radius 1 is 1.27 bits per heavy atom. The van der Waals surface area contributed by atoms with Gasteiger partial charge in [0.2, 0.25) is 5.16 Å². The normalized spacial score (nSPS) is 20.3. The summed E-state index contributed by atoms with van der Waals surface area (Å²) in [5.41, 5.74) is 1.76. The molecular formula is C22H24N6O4S. The first kappa shape index (κ1) is 21.7. The highest BCUT2D eigenvalue weighted by molar-refractivity contribution is 7.99. The van der Waals surface area contributed by atoms with Crippen molar-refractivity contribution in [2.75, 3.05) is 19.5 Å². The van der Waals surface area contributed by atoms with Crippen LogP contribution in [0.4, 0.5) is 0 Å². The van der Waals surface area contributed by atoms with Crippen LogP contribution in [0.5, 0.6) is 5.75 Å². The van der Waals surface area contributed by atoms with Crippen molar-refractivity contribution in [3.8, 4) is 5.75 Å². The molecule has 0 radical (unpaired) electrons. The fourth-order valence-electron chi connectivity index (χ4n) is 3.99. The third kappa shape index (κ3) is 4.79. The van der Waals surface area contributed by atoms with Crippen molar-refractivity contribution in [3.63, 3.8) is 0 Å². The number of rotatable bonds is 8. The average molecular weight is 469 g/mol. The van der Waals surface area contributed by atoms with Crippen molar-refractivity contribution in [3.05, 3.63) is 54.0 Å². The SMILES string of the molecule is COc1ccc(C2=NN(C(=O)CSc3nnnn3C[C@H]3CCCO3)[C@@H](c3ccco3)C2)cc1. The predicted octanol–water partition coefficient (Wildman–Crippen LogP) is 2.92. The molecule has 0 spiro atoms. The fraction of sp³-hybridized carbons (Fsp3) is 0.409. The Kier molecular flexibility index (Phi) is 6.40. The molecule has 0 unspecified atom stereocenters. The number of nitrogens with zero attached hydrogens (tertiary/aromatic N) is 6. The number of hydrogen-bond acceptors (Lipinski definition) is 9. The van der Waals surface area contributed by atoms with Gasteiger partial charge in [0.25, 0.3) is 5.91 Å². The van der Waals surface area contributed by atoms with Gasteiger partial charge in [0.05, 0.1) is 37.5 Å². The van der Waals surface area contributed by atoms with Crippen LogP contribution in [0.15, 0.2) is 57.3 Å². The van der Waals surface area contributed by atoms with Crippen LogP contribution in [0.3, 0.4) is 0 Å². The van der Waals surface area contributed by atoms with E-state index in [2.05, 4.69) is 20.6 Å². The Bertz CT molecular complexity index is 1110. The molecule has 33 heavy (non-hydrogen) atoms. The molecule has 1 aromatic carbocycles. The molecule has 10 nitrogen and oxygen atoms in total. The highest BCUT2D eigenvalue weighted by atomic mass is 32.2. The van der Waals surface area contributed by atoms with Gasteiger partial charge in [-0.25, -0.2) is 9.69 Å². The molecule has 0 saturated carbocycles. The zero-order valence-corrected chi connectivity index (χ0v) is 19.0. The van der Waals surface area contributed by atoms with E-state index in [9.17, 15) is 4.79 Å². The molecule has 4 heterocycles. The van der Waals surface area contributed by atoms with Crippen molar-refractivity contribution in [2.24, 2.45) is 5.10 Å². The van der Waals surface area contributed by atoms with Crippen LogP contribution in [0.1, 0.15) is 36.6 Å². The van der Waals surface area contributed by atoms with E-state index in [1.54, 1.807) is 18.1 Å². The van der Waals surface area contributed by atoms with Crippen molar-refractivity contribution in [1.29, 1.82) is 0 Å². The van der Waals surface area contributed by atoms with E-state index in [4.69, 9.17) is 13.9 Å². The van der Waals surface area contributed by atoms with Crippen molar-refractivity contribution < 1.29 is 18.7 Å². The van der Waals surface area contributed by atoms with Gasteiger partial charge in [0, 0.05) is 13.0 Å². The standard InChI is InChI=1S/C22H24N6O4S/c1-30-16-8-6-15(7-9-16)18-12-19(20-5-3-11-32-20)28(24-18)21(29)14-33-22-23-25-26-27(22)13-17-4-2-10-31-17/h3,5-9,11,17,19H,2,4,10,12-14H2,1H3/t17-,19-/m1/s1. The van der Waals surface area contributed by atoms with E-state index in [0.717, 1.165) is 36.5 Å². The second-order valence-corrected chi connectivity index (χ2v) is 8.76. The predicted molar refractivity (Wildman–Crippen MR) is 120 cm³/mol. The van der Waals surface area contributed by atoms with Gasteiger partial charge in [-0.1, -0.05) is 11.8 Å². The fourth-order valence-corrected chi connectivity index (χ4v) is 4.73. The van der Waals surface area contributed by atoms with Gasteiger partial charge >= 0.3 is 0 Å². The largest absolute Gasteiger partial charge is 0.497 e. The maximum absolute atomic E-state index is 13.2. The summed E-state index contributed by atoms with van der Waals surface area (Å²) in [5.74, 6) is 1.48. The lowest BCUT2D eigenvalue weighted by Gasteiger charge is -2.19. The summed E-state index contributed by atoms with van der Waals surface area (Å²) in [6, 6.07) is 11.0. The summed E-state index contributed by atoms with van der Waals surface area (Å²) in [5, 5.41) is 18.7. The average Bonchev–Trinajstić information content (AvgIpc) is 3.65. The van der Waals surface area contributed by atoms with E-state index in [1.165, 1.54) is 16.8 Å². The molecule has 0 N–H and O–H groups in total. The molecule has 2 atom stereocenters. The lowest BCUT2D eigenvalue weighted by molar-refractivity contribution is -0.130. The topological polar surface area (TPSA) is 108 Å². The molecule has 2 aliphatic heterocycles. The Morgan fingerprint density at radius 2 is 2.15 bits per heavy atom. The molecular weight excluding hydrogens is 444 g/mol. The van der Waals surface area contributed by atoms with Gasteiger partial charge in [-0.2, -0.15) is 5.10 Å². The summed E-state index contributed by atoms with van der Waals surface area (Å²) in [6.45, 7) is 1.35. The maximum Gasteiger partial charge on any atom is 0.253 e. The van der Waals surface area contributed by atoms with E-state index < -0.39 is 0 Å². The first-order valence-corrected chi connectivity index (χ1v) is 11.8. The zero-order chi connectivity index (χ0) is 22.6. The number of ether oxygens (including phenoxy) is 2. The quantitative estimate of drug-likeness (QED) is 0.465. The monoisotopic (exact) mass is 468 g/mol. The minimum atomic E-state index is -0.298. The van der Waals surface area contributed by atoms with Crippen LogP contribution in [-0.4, -0.2) is 62.4 Å². The van der Waals surface area contributed by atoms with Crippen LogP contribution in [0.2, 0.25) is 0 Å². The number of hydrogen-bond donors (Lipinski definition) is 0. The number of tetrazole rings is 1. The van der Waals surface area contributed by atoms with Crippen LogP contribution in [-0.2, 0) is 16.1 Å². The number of carbonyl (C=O) groups excluding carboxylic acids is 1. The van der Waals surface area contributed by atoms with E-state index in [1.807, 2.05) is 36.4 Å². The van der Waals surface area contributed by atoms with Gasteiger partial charge in [-0.05, 0) is 65.2 Å². The number of amides is 1. The Balaban J connectivity index is 1.30. The second kappa shape index (κ2) is 9.75. The zero-order valence-electron chi connectivity index (χ0n) is 18.2. The first-order valence-electron chi connectivity index (χ1n) is 10.8. The number of thioether (sulfide) groups is 1. The molecule has 172 valence electrons. The minimum absolute atomic E-state index is 0.113. The number of benzene rings is 1. The Morgan fingerprint density at radius 3 is 2.88 bits per heavy atom. The van der Waals surface area contributed by atoms with Crippen molar-refractivity contribution in [2.45, 2.75) is 43.1 Å². The molecule has 5 rings (SSSR count). The minimum Gasteiger partial charge on any atom is -0.497 e. The third-order valence-electron chi connectivity index (χ3n) is 5.69. The number of hydrazone groups is 1. The van der Waals surface area contributed by atoms with Gasteiger partial charge in [-0.15, -0.1) is 5.10 Å². The number of aromatic nitrogens is 4. The first-order chi connectivity index (χ1) is 16.2. The van der Waals surface area contributed by atoms with Gasteiger partial charge in [0.15, 0.2) is 0 Å². The summed E-state index contributed by atoms with van der Waals surface area (Å²) >= 11 is 1.30. The Hall–Kier alpha value is -3.18. The van der Waals surface area contributed by atoms with Crippen LogP contribution < -0.4 is 4.74 Å². The lowest BCUT2D eigenvalue weighted by Crippen LogP contribution is -2.28. The molecule has 3 aromatic rings. The third-order valence-corrected chi connectivity index (χ3v) is 6.63. The van der Waals surface area contributed by atoms with Crippen LogP contribution in [0, 0.1) is 0 Å². The Labute approximate surface area is 194 Å². The maximum atomic E-state index is 13.2. The van der Waals surface area contributed by atoms with Crippen LogP contribution >= 0.6 is 11.8 Å². The number of methoxy groups -OCH3 is 1. The molecule has 2 aromatic heterocycles. The summed E-state index contributed by atoms with van der Waals surface area (Å²) in [6.07, 6.45) is 4.32. The van der Waals surface area contributed by atoms with E-state index >= 15 is 0 Å². The summed E-state index contributed by atoms with van der Waals surface area (Å²) in [7, 11) is 1.63. The molecule has 0 bridgehead atoms. The highest BCUT2D eigenvalue weighted by Crippen LogP contribution is 2.34. The van der Waals surface area contributed by atoms with E-state index in [-0.39, 0.29) is 23.8 Å². The number of carbonyl (C=O) groups is 1. The van der Waals surface area contributed by atoms with Crippen LogP contribution in [0.25, 0.3) is 0 Å². The number of furan rings is 1. The molecule has 2 aliphatic rings. The van der Waals surface area contributed by atoms with Crippen molar-refractivity contribution in [1.82, 2.24) is 25.2 Å². The smallest absolute Gasteiger partial charge is 0.253 e. The van der Waals surface area contributed by atoms with Crippen molar-refractivity contribution >= 4 is 23.4 Å². The highest BCUT2D eigenvalue weighted by Gasteiger charge is 2.35. The molecule has 1 fully saturated rings. The molecule has 1 saturated heterocycles.